The van der Waals surface area contributed by atoms with Crippen molar-refractivity contribution in [1.29, 1.82) is 0 Å². The quantitative estimate of drug-likeness (QED) is 0.528. The molecule has 2 aromatic heterocycles. The van der Waals surface area contributed by atoms with E-state index < -0.39 is 11.7 Å². The van der Waals surface area contributed by atoms with Gasteiger partial charge in [-0.25, -0.2) is 4.98 Å². The second-order valence-corrected chi connectivity index (χ2v) is 5.91. The molecule has 0 atom stereocenters. The number of anilines is 3. The maximum Gasteiger partial charge on any atom is 0.416 e. The van der Waals surface area contributed by atoms with Gasteiger partial charge in [-0.2, -0.15) is 18.2 Å². The van der Waals surface area contributed by atoms with Gasteiger partial charge in [-0.05, 0) is 36.8 Å². The van der Waals surface area contributed by atoms with E-state index in [0.29, 0.717) is 30.4 Å². The third-order valence-electron chi connectivity index (χ3n) is 3.76. The first-order valence-electron chi connectivity index (χ1n) is 8.54. The fraction of sp³-hybridized carbons (Fsp3) is 0.211. The fourth-order valence-corrected chi connectivity index (χ4v) is 2.45. The van der Waals surface area contributed by atoms with Gasteiger partial charge in [0.1, 0.15) is 5.82 Å². The van der Waals surface area contributed by atoms with Crippen molar-refractivity contribution in [2.45, 2.75) is 12.6 Å². The van der Waals surface area contributed by atoms with Crippen molar-refractivity contribution in [1.82, 2.24) is 15.0 Å². The van der Waals surface area contributed by atoms with Crippen molar-refractivity contribution in [3.8, 4) is 11.3 Å². The van der Waals surface area contributed by atoms with Crippen LogP contribution in [0.25, 0.3) is 11.3 Å². The Hall–Kier alpha value is -3.20. The maximum absolute atomic E-state index is 12.9. The van der Waals surface area contributed by atoms with E-state index >= 15 is 0 Å². The Kier molecular flexibility index (Phi) is 6.05. The predicted molar refractivity (Wildman–Crippen MR) is 100 cm³/mol. The number of nitrogens with one attached hydrogen (secondary N) is 2. The number of aliphatic hydroxyl groups excluding tert-OH is 1. The molecule has 0 amide bonds. The van der Waals surface area contributed by atoms with Gasteiger partial charge in [0, 0.05) is 42.9 Å². The van der Waals surface area contributed by atoms with E-state index in [0.717, 1.165) is 17.7 Å². The number of alkyl halides is 3. The molecule has 146 valence electrons. The highest BCUT2D eigenvalue weighted by molar-refractivity contribution is 5.67. The monoisotopic (exact) mass is 389 g/mol. The summed E-state index contributed by atoms with van der Waals surface area (Å²) in [7, 11) is 0. The third kappa shape index (κ3) is 5.17. The van der Waals surface area contributed by atoms with E-state index in [1.165, 1.54) is 12.1 Å². The topological polar surface area (TPSA) is 83.0 Å². The van der Waals surface area contributed by atoms with Gasteiger partial charge in [-0.1, -0.05) is 6.07 Å². The molecular formula is C19H18F3N5O. The predicted octanol–water partition coefficient (Wildman–Crippen LogP) is 4.10. The van der Waals surface area contributed by atoms with Crippen molar-refractivity contribution in [2.75, 3.05) is 23.8 Å². The first-order chi connectivity index (χ1) is 13.5. The number of aliphatic hydroxyl groups is 1. The van der Waals surface area contributed by atoms with E-state index in [4.69, 9.17) is 5.11 Å². The lowest BCUT2D eigenvalue weighted by atomic mass is 10.2. The normalized spacial score (nSPS) is 11.3. The molecule has 28 heavy (non-hydrogen) atoms. The van der Waals surface area contributed by atoms with Gasteiger partial charge in [-0.3, -0.25) is 4.98 Å². The molecule has 0 radical (unpaired) electrons. The zero-order chi connectivity index (χ0) is 20.0. The standard InChI is InChI=1S/C19H18F3N5O/c20-19(21,22)14-5-1-6-15(10-14)25-17-11-16(13-4-2-7-23-12-13)26-18(27-17)24-8-3-9-28/h1-2,4-7,10-12,28H,3,8-9H2,(H2,24,25,26,27). The molecule has 0 aliphatic rings. The molecule has 0 aliphatic heterocycles. The minimum Gasteiger partial charge on any atom is -0.396 e. The molecule has 0 spiro atoms. The molecular weight excluding hydrogens is 371 g/mol. The first kappa shape index (κ1) is 19.6. The van der Waals surface area contributed by atoms with E-state index in [2.05, 4.69) is 25.6 Å². The van der Waals surface area contributed by atoms with Gasteiger partial charge >= 0.3 is 6.18 Å². The molecule has 9 heteroatoms. The molecule has 3 rings (SSSR count). The maximum atomic E-state index is 12.9. The number of aromatic nitrogens is 3. The zero-order valence-corrected chi connectivity index (χ0v) is 14.7. The van der Waals surface area contributed by atoms with Gasteiger partial charge in [-0.15, -0.1) is 0 Å². The molecule has 6 nitrogen and oxygen atoms in total. The van der Waals surface area contributed by atoms with Crippen molar-refractivity contribution in [3.63, 3.8) is 0 Å². The van der Waals surface area contributed by atoms with Crippen LogP contribution >= 0.6 is 0 Å². The zero-order valence-electron chi connectivity index (χ0n) is 14.7. The van der Waals surface area contributed by atoms with E-state index in [1.807, 2.05) is 6.07 Å². The van der Waals surface area contributed by atoms with Crippen LogP contribution < -0.4 is 10.6 Å². The van der Waals surface area contributed by atoms with Crippen molar-refractivity contribution in [3.05, 3.63) is 60.4 Å². The van der Waals surface area contributed by atoms with Crippen molar-refractivity contribution < 1.29 is 18.3 Å². The Morgan fingerprint density at radius 1 is 1.04 bits per heavy atom. The van der Waals surface area contributed by atoms with E-state index in [-0.39, 0.29) is 12.3 Å². The summed E-state index contributed by atoms with van der Waals surface area (Å²) in [6, 6.07) is 10.1. The van der Waals surface area contributed by atoms with Gasteiger partial charge in [0.25, 0.3) is 0 Å². The molecule has 3 aromatic rings. The Morgan fingerprint density at radius 2 is 1.89 bits per heavy atom. The number of nitrogens with zero attached hydrogens (tertiary/aromatic N) is 3. The summed E-state index contributed by atoms with van der Waals surface area (Å²) >= 11 is 0. The highest BCUT2D eigenvalue weighted by Crippen LogP contribution is 2.31. The molecule has 0 saturated heterocycles. The summed E-state index contributed by atoms with van der Waals surface area (Å²) in [6.45, 7) is 0.473. The van der Waals surface area contributed by atoms with Gasteiger partial charge in [0.05, 0.1) is 11.3 Å². The van der Waals surface area contributed by atoms with Crippen LogP contribution in [0.1, 0.15) is 12.0 Å². The van der Waals surface area contributed by atoms with Crippen LogP contribution in [0.2, 0.25) is 0 Å². The highest BCUT2D eigenvalue weighted by atomic mass is 19.4. The summed E-state index contributed by atoms with van der Waals surface area (Å²) in [5.41, 5.74) is 0.804. The molecule has 0 unspecified atom stereocenters. The Morgan fingerprint density at radius 3 is 2.61 bits per heavy atom. The summed E-state index contributed by atoms with van der Waals surface area (Å²) in [5.74, 6) is 0.629. The van der Waals surface area contributed by atoms with Crippen LogP contribution in [-0.2, 0) is 6.18 Å². The summed E-state index contributed by atoms with van der Waals surface area (Å²) < 4.78 is 38.8. The van der Waals surface area contributed by atoms with Crippen molar-refractivity contribution >= 4 is 17.5 Å². The fourth-order valence-electron chi connectivity index (χ4n) is 2.45. The molecule has 2 heterocycles. The lowest BCUT2D eigenvalue weighted by Gasteiger charge is -2.13. The van der Waals surface area contributed by atoms with Crippen LogP contribution in [0.3, 0.4) is 0 Å². The van der Waals surface area contributed by atoms with E-state index in [9.17, 15) is 13.2 Å². The second kappa shape index (κ2) is 8.66. The first-order valence-corrected chi connectivity index (χ1v) is 8.54. The van der Waals surface area contributed by atoms with Gasteiger partial charge < -0.3 is 15.7 Å². The number of hydrogen-bond acceptors (Lipinski definition) is 6. The Labute approximate surface area is 159 Å². The summed E-state index contributed by atoms with van der Waals surface area (Å²) in [6.07, 6.45) is -0.654. The number of halogens is 3. The number of hydrogen-bond donors (Lipinski definition) is 3. The molecule has 3 N–H and O–H groups in total. The van der Waals surface area contributed by atoms with Crippen molar-refractivity contribution in [2.24, 2.45) is 0 Å². The molecule has 1 aromatic carbocycles. The SMILES string of the molecule is OCCCNc1nc(Nc2cccc(C(F)(F)F)c2)cc(-c2cccnc2)n1. The average molecular weight is 389 g/mol. The molecule has 0 saturated carbocycles. The summed E-state index contributed by atoms with van der Waals surface area (Å²) in [4.78, 5) is 12.8. The van der Waals surface area contributed by atoms with Crippen LogP contribution in [0.4, 0.5) is 30.6 Å². The third-order valence-corrected chi connectivity index (χ3v) is 3.76. The minimum absolute atomic E-state index is 0.0185. The molecule has 0 fully saturated rings. The number of benzene rings is 1. The lowest BCUT2D eigenvalue weighted by molar-refractivity contribution is -0.137. The van der Waals surface area contributed by atoms with Gasteiger partial charge in [0.15, 0.2) is 0 Å². The Balaban J connectivity index is 1.92. The molecule has 0 aliphatic carbocycles. The Bertz CT molecular complexity index is 919. The van der Waals surface area contributed by atoms with Crippen LogP contribution in [0.5, 0.6) is 0 Å². The summed E-state index contributed by atoms with van der Waals surface area (Å²) in [5, 5.41) is 14.8. The van der Waals surface area contributed by atoms with Crippen LogP contribution in [-0.4, -0.2) is 33.2 Å². The largest absolute Gasteiger partial charge is 0.416 e. The van der Waals surface area contributed by atoms with Gasteiger partial charge in [0.2, 0.25) is 5.95 Å². The number of pyridine rings is 1. The second-order valence-electron chi connectivity index (χ2n) is 5.91. The highest BCUT2D eigenvalue weighted by Gasteiger charge is 2.30. The lowest BCUT2D eigenvalue weighted by Crippen LogP contribution is -2.09. The number of rotatable bonds is 7. The van der Waals surface area contributed by atoms with Crippen LogP contribution in [0.15, 0.2) is 54.9 Å². The smallest absolute Gasteiger partial charge is 0.396 e. The van der Waals surface area contributed by atoms with Crippen LogP contribution in [0, 0.1) is 0 Å². The average Bonchev–Trinajstić information content (AvgIpc) is 2.68. The van der Waals surface area contributed by atoms with E-state index in [1.54, 1.807) is 24.5 Å². The molecule has 0 bridgehead atoms. The minimum atomic E-state index is -4.43.